The number of sulfonamides is 1. The molecule has 1 saturated carbocycles. The number of hydrogen-bond acceptors (Lipinski definition) is 4. The molecule has 0 radical (unpaired) electrons. The van der Waals surface area contributed by atoms with Gasteiger partial charge in [0, 0.05) is 41.6 Å². The van der Waals surface area contributed by atoms with E-state index in [1.165, 1.54) is 0 Å². The number of carbonyl (C=O) groups is 1. The van der Waals surface area contributed by atoms with Crippen molar-refractivity contribution in [2.75, 3.05) is 10.5 Å². The van der Waals surface area contributed by atoms with Crippen LogP contribution in [0.15, 0.2) is 24.3 Å². The first-order valence-electron chi connectivity index (χ1n) is 9.99. The molecule has 8 heteroatoms. The van der Waals surface area contributed by atoms with Gasteiger partial charge in [-0.3, -0.25) is 14.5 Å². The molecular weight excluding hydrogens is 410 g/mol. The lowest BCUT2D eigenvalue weighted by Crippen LogP contribution is -2.17. The van der Waals surface area contributed by atoms with Crippen LogP contribution in [0.4, 0.5) is 14.5 Å². The number of benzene rings is 1. The highest BCUT2D eigenvalue weighted by molar-refractivity contribution is 7.92. The minimum absolute atomic E-state index is 0.0104. The van der Waals surface area contributed by atoms with Gasteiger partial charge in [0.2, 0.25) is 10.0 Å². The van der Waals surface area contributed by atoms with Gasteiger partial charge in [-0.15, -0.1) is 0 Å². The van der Waals surface area contributed by atoms with E-state index in [4.69, 9.17) is 0 Å². The Bertz CT molecular complexity index is 1160. The molecule has 0 unspecified atom stereocenters. The number of carbonyl (C=O) groups excluding carboxylic acids is 1. The van der Waals surface area contributed by atoms with Crippen LogP contribution in [0, 0.1) is 17.6 Å². The number of nitrogens with zero attached hydrogens (tertiary/aromatic N) is 1. The summed E-state index contributed by atoms with van der Waals surface area (Å²) >= 11 is 0. The van der Waals surface area contributed by atoms with Crippen molar-refractivity contribution in [1.82, 2.24) is 4.98 Å². The summed E-state index contributed by atoms with van der Waals surface area (Å²) in [5.41, 5.74) is 1.99. The summed E-state index contributed by atoms with van der Waals surface area (Å²) in [4.78, 5) is 16.8. The zero-order valence-corrected chi connectivity index (χ0v) is 17.4. The van der Waals surface area contributed by atoms with Crippen LogP contribution in [0.2, 0.25) is 0 Å². The van der Waals surface area contributed by atoms with Crippen LogP contribution in [0.25, 0.3) is 17.2 Å². The van der Waals surface area contributed by atoms with Crippen molar-refractivity contribution >= 4 is 27.6 Å². The second-order valence-electron chi connectivity index (χ2n) is 7.78. The zero-order chi connectivity index (χ0) is 21.5. The molecule has 1 N–H and O–H groups in total. The molecule has 0 amide bonds. The first-order chi connectivity index (χ1) is 14.3. The largest absolute Gasteiger partial charge is 0.299 e. The Kier molecular flexibility index (Phi) is 5.44. The average Bonchev–Trinajstić information content (AvgIpc) is 3.42. The molecule has 1 aromatic heterocycles. The number of fused-ring (bicyclic) bond motifs is 1. The van der Waals surface area contributed by atoms with Crippen molar-refractivity contribution in [3.05, 3.63) is 52.9 Å². The summed E-state index contributed by atoms with van der Waals surface area (Å²) in [6.45, 7) is 1.68. The number of ketones is 1. The lowest BCUT2D eigenvalue weighted by molar-refractivity contribution is -0.119. The van der Waals surface area contributed by atoms with E-state index in [0.717, 1.165) is 30.7 Å². The number of anilines is 1. The zero-order valence-electron chi connectivity index (χ0n) is 16.5. The Morgan fingerprint density at radius 1 is 1.17 bits per heavy atom. The van der Waals surface area contributed by atoms with E-state index in [2.05, 4.69) is 9.71 Å². The fourth-order valence-corrected chi connectivity index (χ4v) is 4.79. The van der Waals surface area contributed by atoms with Crippen LogP contribution in [0.5, 0.6) is 0 Å². The van der Waals surface area contributed by atoms with E-state index in [-0.39, 0.29) is 29.4 Å². The number of allylic oxidation sites excluding steroid dienone is 1. The van der Waals surface area contributed by atoms with Crippen LogP contribution in [0.1, 0.15) is 43.1 Å². The lowest BCUT2D eigenvalue weighted by Gasteiger charge is -2.14. The maximum absolute atomic E-state index is 15.0. The van der Waals surface area contributed by atoms with Gasteiger partial charge in [0.05, 0.1) is 17.1 Å². The third-order valence-corrected chi connectivity index (χ3v) is 6.74. The molecule has 1 aromatic carbocycles. The normalized spacial score (nSPS) is 15.3. The highest BCUT2D eigenvalue weighted by Gasteiger charge is 2.30. The van der Waals surface area contributed by atoms with Gasteiger partial charge in [-0.2, -0.15) is 0 Å². The Hall–Kier alpha value is -2.61. The topological polar surface area (TPSA) is 76.1 Å². The Balaban J connectivity index is 1.72. The van der Waals surface area contributed by atoms with Gasteiger partial charge in [-0.05, 0) is 37.0 Å². The summed E-state index contributed by atoms with van der Waals surface area (Å²) in [5.74, 6) is -1.59. The fraction of sp³-hybridized carbons (Fsp3) is 0.364. The molecule has 2 aliphatic carbocycles. The van der Waals surface area contributed by atoms with E-state index >= 15 is 0 Å². The molecule has 1 fully saturated rings. The second-order valence-corrected chi connectivity index (χ2v) is 9.62. The van der Waals surface area contributed by atoms with Crippen molar-refractivity contribution in [2.45, 2.75) is 39.0 Å². The lowest BCUT2D eigenvalue weighted by atomic mass is 9.97. The van der Waals surface area contributed by atoms with Crippen molar-refractivity contribution in [2.24, 2.45) is 5.92 Å². The molecule has 0 bridgehead atoms. The quantitative estimate of drug-likeness (QED) is 0.676. The molecule has 1 heterocycles. The molecule has 0 spiro atoms. The van der Waals surface area contributed by atoms with Crippen molar-refractivity contribution in [3.63, 3.8) is 0 Å². The fourth-order valence-electron chi connectivity index (χ4n) is 3.66. The first-order valence-corrected chi connectivity index (χ1v) is 11.6. The van der Waals surface area contributed by atoms with Crippen molar-refractivity contribution in [3.8, 4) is 11.1 Å². The molecule has 2 aromatic rings. The number of pyridine rings is 1. The first kappa shape index (κ1) is 20.7. The summed E-state index contributed by atoms with van der Waals surface area (Å²) in [5, 5.41) is 0. The van der Waals surface area contributed by atoms with E-state index < -0.39 is 27.3 Å². The van der Waals surface area contributed by atoms with Crippen LogP contribution in [-0.2, 0) is 27.7 Å². The molecule has 0 saturated heterocycles. The minimum atomic E-state index is -3.75. The average molecular weight is 432 g/mol. The van der Waals surface area contributed by atoms with Gasteiger partial charge in [0.1, 0.15) is 17.4 Å². The van der Waals surface area contributed by atoms with Crippen molar-refractivity contribution < 1.29 is 22.0 Å². The number of hydrogen-bond donors (Lipinski definition) is 1. The Morgan fingerprint density at radius 3 is 2.63 bits per heavy atom. The summed E-state index contributed by atoms with van der Waals surface area (Å²) in [6, 6.07) is 3.49. The third-order valence-electron chi connectivity index (χ3n) is 5.26. The number of aromatic nitrogens is 1. The summed E-state index contributed by atoms with van der Waals surface area (Å²) < 4.78 is 55.6. The molecule has 4 rings (SSSR count). The maximum atomic E-state index is 15.0. The molecule has 30 heavy (non-hydrogen) atoms. The van der Waals surface area contributed by atoms with E-state index in [9.17, 15) is 22.0 Å². The van der Waals surface area contributed by atoms with Gasteiger partial charge in [0.15, 0.2) is 0 Å². The van der Waals surface area contributed by atoms with Gasteiger partial charge in [0.25, 0.3) is 0 Å². The van der Waals surface area contributed by atoms with Gasteiger partial charge in [-0.1, -0.05) is 19.1 Å². The predicted octanol–water partition coefficient (Wildman–Crippen LogP) is 4.27. The maximum Gasteiger partial charge on any atom is 0.232 e. The molecule has 0 aliphatic heterocycles. The Morgan fingerprint density at radius 2 is 1.93 bits per heavy atom. The summed E-state index contributed by atoms with van der Waals surface area (Å²) in [7, 11) is -3.75. The van der Waals surface area contributed by atoms with Gasteiger partial charge >= 0.3 is 0 Å². The van der Waals surface area contributed by atoms with Crippen LogP contribution in [-0.4, -0.2) is 24.9 Å². The highest BCUT2D eigenvalue weighted by Crippen LogP contribution is 2.36. The molecular formula is C22H22F2N2O3S. The summed E-state index contributed by atoms with van der Waals surface area (Å²) in [6.07, 6.45) is 6.57. The standard InChI is InChI=1S/C22H22F2N2O3S/c1-2-8-30(28,29)26-21-12-18(23)17(11-19(21)24)16-9-14(10-22(27)13-6-7-13)25-20-5-3-4-15(16)20/h3-4,9,11-13,26H,2,5-8,10H2,1H3. The monoisotopic (exact) mass is 432 g/mol. The molecule has 2 aliphatic rings. The Labute approximate surface area is 174 Å². The van der Waals surface area contributed by atoms with Crippen LogP contribution in [0.3, 0.4) is 0 Å². The highest BCUT2D eigenvalue weighted by atomic mass is 32.2. The molecule has 5 nitrogen and oxygen atoms in total. The number of rotatable bonds is 8. The smallest absolute Gasteiger partial charge is 0.232 e. The number of nitrogens with one attached hydrogen (secondary N) is 1. The number of halogens is 2. The molecule has 0 atom stereocenters. The van der Waals surface area contributed by atoms with Crippen LogP contribution < -0.4 is 4.72 Å². The van der Waals surface area contributed by atoms with E-state index in [1.54, 1.807) is 19.1 Å². The van der Waals surface area contributed by atoms with Gasteiger partial charge in [-0.25, -0.2) is 17.2 Å². The van der Waals surface area contributed by atoms with Crippen molar-refractivity contribution in [1.29, 1.82) is 0 Å². The number of Topliss-reactive ketones (excluding diaryl/α,β-unsaturated/α-hetero) is 1. The minimum Gasteiger partial charge on any atom is -0.299 e. The SMILES string of the molecule is CCCS(=O)(=O)Nc1cc(F)c(-c2cc(CC(=O)C3CC3)nc3c2C=CC3)cc1F. The van der Waals surface area contributed by atoms with Crippen LogP contribution >= 0.6 is 0 Å². The van der Waals surface area contributed by atoms with E-state index in [0.29, 0.717) is 29.7 Å². The van der Waals surface area contributed by atoms with E-state index in [1.807, 2.05) is 6.08 Å². The molecule has 158 valence electrons. The third kappa shape index (κ3) is 4.28. The van der Waals surface area contributed by atoms with Gasteiger partial charge < -0.3 is 0 Å². The predicted molar refractivity (Wildman–Crippen MR) is 111 cm³/mol. The second kappa shape index (κ2) is 7.91.